The van der Waals surface area contributed by atoms with Gasteiger partial charge in [-0.2, -0.15) is 17.0 Å². The third kappa shape index (κ3) is 4.24. The van der Waals surface area contributed by atoms with Crippen molar-refractivity contribution in [2.45, 2.75) is 25.2 Å². The van der Waals surface area contributed by atoms with E-state index in [2.05, 4.69) is 20.9 Å². The highest BCUT2D eigenvalue weighted by atomic mass is 32.2. The number of thioether (sulfide) groups is 1. The molecule has 7 nitrogen and oxygen atoms in total. The van der Waals surface area contributed by atoms with E-state index in [9.17, 15) is 10.4 Å². The highest BCUT2D eigenvalue weighted by Crippen LogP contribution is 2.29. The zero-order chi connectivity index (χ0) is 18.5. The van der Waals surface area contributed by atoms with Gasteiger partial charge in [-0.15, -0.1) is 0 Å². The van der Waals surface area contributed by atoms with E-state index >= 15 is 0 Å². The van der Waals surface area contributed by atoms with Crippen LogP contribution in [-0.4, -0.2) is 69.7 Å². The predicted molar refractivity (Wildman–Crippen MR) is 101 cm³/mol. The Bertz CT molecular complexity index is 798. The van der Waals surface area contributed by atoms with Gasteiger partial charge in [0, 0.05) is 37.0 Å². The van der Waals surface area contributed by atoms with Gasteiger partial charge in [-0.1, -0.05) is 0 Å². The molecule has 0 saturated carbocycles. The van der Waals surface area contributed by atoms with Crippen molar-refractivity contribution in [3.8, 4) is 6.07 Å². The SMILES string of the molecule is CC1CN(c2ccc(C#N)c3nccnc23)CC(CSCC(O)CO)O1. The molecule has 0 spiro atoms. The zero-order valence-corrected chi connectivity index (χ0v) is 15.4. The summed E-state index contributed by atoms with van der Waals surface area (Å²) in [5.74, 6) is 1.22. The third-order valence-corrected chi connectivity index (χ3v) is 5.44. The highest BCUT2D eigenvalue weighted by molar-refractivity contribution is 7.99. The van der Waals surface area contributed by atoms with Crippen molar-refractivity contribution in [1.82, 2.24) is 9.97 Å². The van der Waals surface area contributed by atoms with Crippen LogP contribution in [0.15, 0.2) is 24.5 Å². The Hall–Kier alpha value is -1.92. The molecule has 0 radical (unpaired) electrons. The van der Waals surface area contributed by atoms with Crippen molar-refractivity contribution in [1.29, 1.82) is 5.26 Å². The summed E-state index contributed by atoms with van der Waals surface area (Å²) in [5.41, 5.74) is 2.81. The molecular weight excluding hydrogens is 352 g/mol. The molecule has 3 atom stereocenters. The van der Waals surface area contributed by atoms with Gasteiger partial charge in [-0.05, 0) is 19.1 Å². The Morgan fingerprint density at radius 2 is 2.12 bits per heavy atom. The molecule has 2 heterocycles. The molecule has 1 aliphatic rings. The highest BCUT2D eigenvalue weighted by Gasteiger charge is 2.27. The standard InChI is InChI=1S/C18H22N4O3S/c1-12-7-22(8-15(25-12)11-26-10-14(24)9-23)16-3-2-13(6-19)17-18(16)21-5-4-20-17/h2-5,12,14-15,23-24H,7-11H2,1H3. The summed E-state index contributed by atoms with van der Waals surface area (Å²) in [6, 6.07) is 5.88. The number of ether oxygens (including phenoxy) is 1. The first-order chi connectivity index (χ1) is 12.6. The lowest BCUT2D eigenvalue weighted by Crippen LogP contribution is -2.48. The monoisotopic (exact) mass is 374 g/mol. The number of morpholine rings is 1. The van der Waals surface area contributed by atoms with Crippen LogP contribution in [0.2, 0.25) is 0 Å². The maximum Gasteiger partial charge on any atom is 0.113 e. The molecule has 26 heavy (non-hydrogen) atoms. The van der Waals surface area contributed by atoms with Crippen LogP contribution in [0.4, 0.5) is 5.69 Å². The van der Waals surface area contributed by atoms with Crippen LogP contribution in [0.3, 0.4) is 0 Å². The van der Waals surface area contributed by atoms with Crippen molar-refractivity contribution in [2.75, 3.05) is 36.1 Å². The summed E-state index contributed by atoms with van der Waals surface area (Å²) in [5, 5.41) is 27.7. The molecular formula is C18H22N4O3S. The fraction of sp³-hybridized carbons (Fsp3) is 0.500. The summed E-state index contributed by atoms with van der Waals surface area (Å²) in [6.45, 7) is 3.24. The third-order valence-electron chi connectivity index (χ3n) is 4.22. The number of hydrogen-bond donors (Lipinski definition) is 2. The second-order valence-electron chi connectivity index (χ2n) is 6.35. The Morgan fingerprint density at radius 1 is 1.35 bits per heavy atom. The Kier molecular flexibility index (Phi) is 6.27. The fourth-order valence-corrected chi connectivity index (χ4v) is 4.07. The summed E-state index contributed by atoms with van der Waals surface area (Å²) < 4.78 is 6.02. The predicted octanol–water partition coefficient (Wildman–Crippen LogP) is 1.18. The maximum atomic E-state index is 9.47. The molecule has 2 N–H and O–H groups in total. The van der Waals surface area contributed by atoms with Crippen LogP contribution in [0.1, 0.15) is 12.5 Å². The van der Waals surface area contributed by atoms with Crippen molar-refractivity contribution < 1.29 is 14.9 Å². The number of anilines is 1. The summed E-state index contributed by atoms with van der Waals surface area (Å²) in [7, 11) is 0. The molecule has 0 bridgehead atoms. The van der Waals surface area contributed by atoms with Gasteiger partial charge in [-0.3, -0.25) is 9.97 Å². The molecule has 3 unspecified atom stereocenters. The molecule has 1 aromatic heterocycles. The molecule has 0 amide bonds. The molecule has 138 valence electrons. The number of fused-ring (bicyclic) bond motifs is 1. The van der Waals surface area contributed by atoms with Gasteiger partial charge in [-0.25, -0.2) is 0 Å². The van der Waals surface area contributed by atoms with Gasteiger partial charge in [0.05, 0.1) is 36.2 Å². The average molecular weight is 374 g/mol. The minimum Gasteiger partial charge on any atom is -0.394 e. The molecule has 1 saturated heterocycles. The van der Waals surface area contributed by atoms with E-state index in [0.717, 1.165) is 23.5 Å². The lowest BCUT2D eigenvalue weighted by molar-refractivity contribution is -0.00260. The van der Waals surface area contributed by atoms with Crippen LogP contribution >= 0.6 is 11.8 Å². The van der Waals surface area contributed by atoms with E-state index in [1.807, 2.05) is 13.0 Å². The van der Waals surface area contributed by atoms with Gasteiger partial charge in [0.25, 0.3) is 0 Å². The first-order valence-corrected chi connectivity index (χ1v) is 9.68. The fourth-order valence-electron chi connectivity index (χ4n) is 3.11. The molecule has 2 aromatic rings. The Morgan fingerprint density at radius 3 is 2.85 bits per heavy atom. The number of aliphatic hydroxyl groups is 2. The van der Waals surface area contributed by atoms with Gasteiger partial charge < -0.3 is 19.8 Å². The number of benzene rings is 1. The van der Waals surface area contributed by atoms with Gasteiger partial charge in [0.15, 0.2) is 0 Å². The van der Waals surface area contributed by atoms with Crippen molar-refractivity contribution in [3.05, 3.63) is 30.1 Å². The first-order valence-electron chi connectivity index (χ1n) is 8.53. The van der Waals surface area contributed by atoms with Crippen LogP contribution in [-0.2, 0) is 4.74 Å². The largest absolute Gasteiger partial charge is 0.394 e. The van der Waals surface area contributed by atoms with E-state index in [1.54, 1.807) is 30.2 Å². The minimum absolute atomic E-state index is 0.0111. The zero-order valence-electron chi connectivity index (χ0n) is 14.6. The quantitative estimate of drug-likeness (QED) is 0.777. The average Bonchev–Trinajstić information content (AvgIpc) is 2.66. The van der Waals surface area contributed by atoms with E-state index in [4.69, 9.17) is 9.84 Å². The first kappa shape index (κ1) is 18.9. The molecule has 1 aliphatic heterocycles. The molecule has 3 rings (SSSR count). The number of aliphatic hydroxyl groups excluding tert-OH is 2. The van der Waals surface area contributed by atoms with Crippen LogP contribution in [0.5, 0.6) is 0 Å². The Labute approximate surface area is 156 Å². The number of aromatic nitrogens is 2. The van der Waals surface area contributed by atoms with E-state index in [1.165, 1.54) is 0 Å². The van der Waals surface area contributed by atoms with Crippen LogP contribution in [0, 0.1) is 11.3 Å². The lowest BCUT2D eigenvalue weighted by Gasteiger charge is -2.38. The van der Waals surface area contributed by atoms with E-state index in [-0.39, 0.29) is 18.8 Å². The molecule has 1 aromatic carbocycles. The van der Waals surface area contributed by atoms with E-state index < -0.39 is 6.10 Å². The summed E-state index contributed by atoms with van der Waals surface area (Å²) in [6.07, 6.45) is 2.60. The summed E-state index contributed by atoms with van der Waals surface area (Å²) in [4.78, 5) is 11.0. The normalized spacial score (nSPS) is 21.5. The smallest absolute Gasteiger partial charge is 0.113 e. The van der Waals surface area contributed by atoms with Crippen molar-refractivity contribution in [3.63, 3.8) is 0 Å². The molecule has 0 aliphatic carbocycles. The second kappa shape index (κ2) is 8.64. The molecule has 1 fully saturated rings. The topological polar surface area (TPSA) is 103 Å². The second-order valence-corrected chi connectivity index (χ2v) is 7.42. The van der Waals surface area contributed by atoms with Crippen LogP contribution in [0.25, 0.3) is 11.0 Å². The van der Waals surface area contributed by atoms with Gasteiger partial charge in [0.2, 0.25) is 0 Å². The Balaban J connectivity index is 1.78. The van der Waals surface area contributed by atoms with Gasteiger partial charge >= 0.3 is 0 Å². The number of hydrogen-bond acceptors (Lipinski definition) is 8. The van der Waals surface area contributed by atoms with Crippen molar-refractivity contribution in [2.24, 2.45) is 0 Å². The molecule has 8 heteroatoms. The van der Waals surface area contributed by atoms with E-state index in [0.29, 0.717) is 23.4 Å². The lowest BCUT2D eigenvalue weighted by atomic mass is 10.1. The number of nitriles is 1. The minimum atomic E-state index is -0.699. The van der Waals surface area contributed by atoms with Crippen LogP contribution < -0.4 is 4.90 Å². The van der Waals surface area contributed by atoms with Crippen molar-refractivity contribution >= 4 is 28.5 Å². The number of rotatable bonds is 6. The van der Waals surface area contributed by atoms with Gasteiger partial charge in [0.1, 0.15) is 17.1 Å². The number of nitrogens with zero attached hydrogens (tertiary/aromatic N) is 4. The summed E-state index contributed by atoms with van der Waals surface area (Å²) >= 11 is 1.57. The maximum absolute atomic E-state index is 9.47.